The highest BCUT2D eigenvalue weighted by molar-refractivity contribution is 6.37. The smallest absolute Gasteiger partial charge is 0.319 e. The quantitative estimate of drug-likeness (QED) is 0.326. The monoisotopic (exact) mass is 607 g/mol. The average molecular weight is 608 g/mol. The number of anilines is 2. The van der Waals surface area contributed by atoms with E-state index in [4.69, 9.17) is 31.8 Å². The molecule has 224 valence electrons. The molecule has 0 radical (unpaired) electrons. The second-order valence-corrected chi connectivity index (χ2v) is 12.8. The number of hydrogen-bond acceptors (Lipinski definition) is 9. The van der Waals surface area contributed by atoms with Gasteiger partial charge in [0.15, 0.2) is 5.82 Å². The summed E-state index contributed by atoms with van der Waals surface area (Å²) >= 11 is 6.72. The van der Waals surface area contributed by atoms with Crippen molar-refractivity contribution in [2.45, 2.75) is 62.9 Å². The summed E-state index contributed by atoms with van der Waals surface area (Å²) in [6, 6.07) is 5.31. The van der Waals surface area contributed by atoms with Crippen LogP contribution in [0.1, 0.15) is 37.7 Å². The van der Waals surface area contributed by atoms with Crippen LogP contribution in [0.3, 0.4) is 0 Å². The predicted octanol–water partition coefficient (Wildman–Crippen LogP) is 5.25. The number of aryl methyl sites for hydroxylation is 1. The molecule has 4 aliphatic rings. The zero-order chi connectivity index (χ0) is 29.5. The molecule has 1 aromatic carbocycles. The highest BCUT2D eigenvalue weighted by Crippen LogP contribution is 2.42. The first kappa shape index (κ1) is 27.2. The minimum Gasteiger partial charge on any atom is -0.461 e. The Bertz CT molecular complexity index is 1760. The first-order valence-corrected chi connectivity index (χ1v) is 15.3. The number of fused-ring (bicyclic) bond motifs is 5. The molecule has 4 atom stereocenters. The molecule has 9 nitrogen and oxygen atoms in total. The Hall–Kier alpha value is -3.41. The first-order valence-electron chi connectivity index (χ1n) is 14.9. The normalized spacial score (nSPS) is 27.0. The van der Waals surface area contributed by atoms with Crippen LogP contribution in [0.2, 0.25) is 5.02 Å². The molecular weight excluding hydrogens is 576 g/mol. The topological polar surface area (TPSA) is 103 Å². The highest BCUT2D eigenvalue weighted by Gasteiger charge is 2.49. The van der Waals surface area contributed by atoms with Crippen molar-refractivity contribution in [1.82, 2.24) is 24.8 Å². The number of aromatic nitrogens is 4. The summed E-state index contributed by atoms with van der Waals surface area (Å²) < 4.78 is 43.5. The summed E-state index contributed by atoms with van der Waals surface area (Å²) in [5.74, 6) is 0.154. The third-order valence-corrected chi connectivity index (χ3v) is 10.1. The van der Waals surface area contributed by atoms with E-state index in [0.717, 1.165) is 37.8 Å². The molecule has 2 unspecified atom stereocenters. The lowest BCUT2D eigenvalue weighted by molar-refractivity contribution is 0.0302. The number of hydrogen-bond donors (Lipinski definition) is 1. The van der Waals surface area contributed by atoms with E-state index < -0.39 is 12.0 Å². The summed E-state index contributed by atoms with van der Waals surface area (Å²) in [4.78, 5) is 22.7. The van der Waals surface area contributed by atoms with Crippen LogP contribution in [0.5, 0.6) is 6.01 Å². The van der Waals surface area contributed by atoms with Crippen LogP contribution in [0.15, 0.2) is 24.4 Å². The third kappa shape index (κ3) is 4.46. The van der Waals surface area contributed by atoms with E-state index in [1.165, 1.54) is 0 Å². The van der Waals surface area contributed by atoms with Gasteiger partial charge < -0.3 is 20.1 Å². The number of rotatable bonds is 5. The molecule has 8 rings (SSSR count). The van der Waals surface area contributed by atoms with E-state index in [2.05, 4.69) is 24.8 Å². The van der Waals surface area contributed by atoms with Gasteiger partial charge in [0.2, 0.25) is 0 Å². The van der Waals surface area contributed by atoms with Gasteiger partial charge in [-0.2, -0.15) is 9.97 Å². The Balaban J connectivity index is 1.26. The van der Waals surface area contributed by atoms with Crippen LogP contribution >= 0.6 is 11.6 Å². The van der Waals surface area contributed by atoms with Crippen LogP contribution in [0, 0.1) is 12.7 Å². The van der Waals surface area contributed by atoms with Gasteiger partial charge in [0, 0.05) is 43.2 Å². The van der Waals surface area contributed by atoms with Gasteiger partial charge >= 0.3 is 6.01 Å². The van der Waals surface area contributed by atoms with Crippen molar-refractivity contribution in [1.29, 1.82) is 0 Å². The average Bonchev–Trinajstić information content (AvgIpc) is 3.63. The van der Waals surface area contributed by atoms with Crippen LogP contribution in [0.4, 0.5) is 20.4 Å². The molecule has 4 aliphatic heterocycles. The minimum atomic E-state index is -0.884. The maximum Gasteiger partial charge on any atom is 0.319 e. The van der Waals surface area contributed by atoms with E-state index in [1.54, 1.807) is 12.3 Å². The summed E-state index contributed by atoms with van der Waals surface area (Å²) in [7, 11) is 0. The molecule has 3 aromatic heterocycles. The van der Waals surface area contributed by atoms with Crippen molar-refractivity contribution < 1.29 is 18.3 Å². The number of benzene rings is 1. The SMILES string of the molecule is Cc1ccc2nc(N)cc(-c3ncc4c(N5CC6CCC(C5)O6)nc(OC[C@@]56CCCN5C[C@H](F)C6)nc4c3F)c2c1Cl. The summed E-state index contributed by atoms with van der Waals surface area (Å²) in [6.07, 6.45) is 5.11. The van der Waals surface area contributed by atoms with E-state index in [1.807, 2.05) is 19.1 Å². The van der Waals surface area contributed by atoms with E-state index in [0.29, 0.717) is 58.7 Å². The fourth-order valence-electron chi connectivity index (χ4n) is 7.55. The third-order valence-electron chi connectivity index (χ3n) is 9.60. The Morgan fingerprint density at radius 2 is 1.98 bits per heavy atom. The van der Waals surface area contributed by atoms with E-state index in [9.17, 15) is 4.39 Å². The van der Waals surface area contributed by atoms with Crippen molar-refractivity contribution in [2.75, 3.05) is 43.4 Å². The number of morpholine rings is 1. The second-order valence-electron chi connectivity index (χ2n) is 12.4. The van der Waals surface area contributed by atoms with Gasteiger partial charge in [-0.3, -0.25) is 9.88 Å². The van der Waals surface area contributed by atoms with Crippen molar-refractivity contribution in [3.8, 4) is 17.3 Å². The van der Waals surface area contributed by atoms with Crippen LogP contribution in [-0.4, -0.2) is 81.5 Å². The zero-order valence-corrected chi connectivity index (χ0v) is 24.6. The lowest BCUT2D eigenvalue weighted by Gasteiger charge is -2.34. The van der Waals surface area contributed by atoms with Gasteiger partial charge in [0.05, 0.1) is 33.7 Å². The van der Waals surface area contributed by atoms with Gasteiger partial charge in [0.25, 0.3) is 0 Å². The van der Waals surface area contributed by atoms with Crippen molar-refractivity contribution >= 4 is 45.0 Å². The summed E-state index contributed by atoms with van der Waals surface area (Å²) in [6.45, 7) is 4.65. The van der Waals surface area contributed by atoms with Gasteiger partial charge in [-0.25, -0.2) is 13.8 Å². The maximum atomic E-state index is 16.7. The fraction of sp³-hybridized carbons (Fsp3) is 0.484. The van der Waals surface area contributed by atoms with Crippen molar-refractivity contribution in [3.63, 3.8) is 0 Å². The maximum absolute atomic E-state index is 16.7. The molecule has 0 saturated carbocycles. The summed E-state index contributed by atoms with van der Waals surface area (Å²) in [5, 5.41) is 1.51. The standard InChI is InChI=1S/C31H32ClF2N7O2/c1-16-3-6-22-24(25(16)32)20(9-23(35)37-22)27-26(34)28-21(11-36-27)29(40-13-18-4-5-19(14-40)43-18)39-30(38-28)42-15-31-7-2-8-41(31)12-17(33)10-31/h3,6,9,11,17-19H,2,4-5,7-8,10,12-15H2,1H3,(H2,35,37)/t17-,18?,19?,31+/m1/s1. The van der Waals surface area contributed by atoms with E-state index >= 15 is 4.39 Å². The number of nitrogen functional groups attached to an aromatic ring is 1. The Morgan fingerprint density at radius 1 is 1.16 bits per heavy atom. The summed E-state index contributed by atoms with van der Waals surface area (Å²) in [5.41, 5.74) is 7.71. The molecule has 4 aromatic rings. The molecule has 7 heterocycles. The Labute approximate surface area is 252 Å². The molecule has 4 fully saturated rings. The minimum absolute atomic E-state index is 0.0633. The number of halogens is 3. The van der Waals surface area contributed by atoms with Gasteiger partial charge in [-0.05, 0) is 56.8 Å². The number of nitrogens with two attached hydrogens (primary N) is 1. The molecule has 0 amide bonds. The van der Waals surface area contributed by atoms with Gasteiger partial charge in [0.1, 0.15) is 35.6 Å². The fourth-order valence-corrected chi connectivity index (χ4v) is 7.81. The zero-order valence-electron chi connectivity index (χ0n) is 23.8. The lowest BCUT2D eigenvalue weighted by Crippen LogP contribution is -2.44. The van der Waals surface area contributed by atoms with Gasteiger partial charge in [-0.1, -0.05) is 17.7 Å². The molecule has 4 saturated heterocycles. The Morgan fingerprint density at radius 3 is 2.79 bits per heavy atom. The van der Waals surface area contributed by atoms with Crippen LogP contribution in [0.25, 0.3) is 33.1 Å². The lowest BCUT2D eigenvalue weighted by atomic mass is 9.95. The largest absolute Gasteiger partial charge is 0.461 e. The number of ether oxygens (including phenoxy) is 2. The molecular formula is C31H32ClF2N7O2. The number of nitrogens with zero attached hydrogens (tertiary/aromatic N) is 6. The molecule has 2 bridgehead atoms. The molecule has 0 spiro atoms. The molecule has 0 aliphatic carbocycles. The van der Waals surface area contributed by atoms with Crippen molar-refractivity contribution in [2.24, 2.45) is 0 Å². The predicted molar refractivity (Wildman–Crippen MR) is 161 cm³/mol. The second kappa shape index (κ2) is 10.1. The molecule has 2 N–H and O–H groups in total. The number of pyridine rings is 2. The highest BCUT2D eigenvalue weighted by atomic mass is 35.5. The molecule has 12 heteroatoms. The van der Waals surface area contributed by atoms with Crippen LogP contribution in [-0.2, 0) is 4.74 Å². The molecule has 43 heavy (non-hydrogen) atoms. The Kier molecular flexibility index (Phi) is 6.36. The van der Waals surface area contributed by atoms with Crippen LogP contribution < -0.4 is 15.4 Å². The van der Waals surface area contributed by atoms with Crippen molar-refractivity contribution in [3.05, 3.63) is 40.8 Å². The van der Waals surface area contributed by atoms with Gasteiger partial charge in [-0.15, -0.1) is 0 Å². The first-order chi connectivity index (χ1) is 20.8. The van der Waals surface area contributed by atoms with E-state index in [-0.39, 0.29) is 47.4 Å². The number of alkyl halides is 1.